The predicted octanol–water partition coefficient (Wildman–Crippen LogP) is 3.97. The molecule has 138 valence electrons. The molecule has 0 heterocycles. The second kappa shape index (κ2) is 7.17. The summed E-state index contributed by atoms with van der Waals surface area (Å²) < 4.78 is 42.8. The molecule has 0 radical (unpaired) electrons. The van der Waals surface area contributed by atoms with Crippen molar-refractivity contribution in [1.82, 2.24) is 0 Å². The third-order valence-corrected chi connectivity index (χ3v) is 3.19. The van der Waals surface area contributed by atoms with Gasteiger partial charge in [-0.3, -0.25) is 10.1 Å². The van der Waals surface area contributed by atoms with E-state index in [0.29, 0.717) is 0 Å². The SMILES string of the molecule is COc1cc(NC(=O)Nc2cccc(C(F)(F)F)c2)c(O)cc1[N+](=O)[O-]. The highest BCUT2D eigenvalue weighted by molar-refractivity contribution is 6.01. The van der Waals surface area contributed by atoms with Gasteiger partial charge in [0.2, 0.25) is 0 Å². The number of carbonyl (C=O) groups excluding carboxylic acids is 1. The highest BCUT2D eigenvalue weighted by Crippen LogP contribution is 2.37. The maximum atomic E-state index is 12.7. The number of carbonyl (C=O) groups is 1. The van der Waals surface area contributed by atoms with Crippen molar-refractivity contribution >= 4 is 23.1 Å². The molecule has 0 aliphatic carbocycles. The molecule has 0 atom stereocenters. The van der Waals surface area contributed by atoms with Crippen LogP contribution < -0.4 is 15.4 Å². The van der Waals surface area contributed by atoms with E-state index in [2.05, 4.69) is 10.6 Å². The zero-order valence-corrected chi connectivity index (χ0v) is 13.1. The molecule has 3 N–H and O–H groups in total. The van der Waals surface area contributed by atoms with Gasteiger partial charge in [-0.15, -0.1) is 0 Å². The number of hydrogen-bond acceptors (Lipinski definition) is 5. The van der Waals surface area contributed by atoms with E-state index in [1.807, 2.05) is 0 Å². The number of nitro benzene ring substituents is 1. The Labute approximate surface area is 144 Å². The second-order valence-corrected chi connectivity index (χ2v) is 4.96. The Bertz CT molecular complexity index is 855. The minimum atomic E-state index is -4.57. The lowest BCUT2D eigenvalue weighted by Gasteiger charge is -2.12. The number of hydrogen-bond donors (Lipinski definition) is 3. The number of nitro groups is 1. The molecule has 2 aromatic carbocycles. The van der Waals surface area contributed by atoms with Gasteiger partial charge in [0.15, 0.2) is 5.75 Å². The Kier molecular flexibility index (Phi) is 5.19. The topological polar surface area (TPSA) is 114 Å². The van der Waals surface area contributed by atoms with Crippen molar-refractivity contribution in [2.75, 3.05) is 17.7 Å². The molecule has 8 nitrogen and oxygen atoms in total. The van der Waals surface area contributed by atoms with Crippen LogP contribution in [0.5, 0.6) is 11.5 Å². The van der Waals surface area contributed by atoms with Crippen LogP contribution in [0, 0.1) is 10.1 Å². The molecular weight excluding hydrogens is 359 g/mol. The van der Waals surface area contributed by atoms with Crippen LogP contribution in [0.1, 0.15) is 5.56 Å². The first-order valence-corrected chi connectivity index (χ1v) is 6.92. The molecular formula is C15H12F3N3O5. The van der Waals surface area contributed by atoms with Gasteiger partial charge in [-0.2, -0.15) is 13.2 Å². The third kappa shape index (κ3) is 4.32. The smallest absolute Gasteiger partial charge is 0.416 e. The number of rotatable bonds is 4. The number of alkyl halides is 3. The van der Waals surface area contributed by atoms with Gasteiger partial charge < -0.3 is 20.5 Å². The monoisotopic (exact) mass is 371 g/mol. The van der Waals surface area contributed by atoms with Crippen molar-refractivity contribution < 1.29 is 32.7 Å². The number of phenolic OH excluding ortho intramolecular Hbond substituents is 1. The molecule has 0 aromatic heterocycles. The fourth-order valence-corrected chi connectivity index (χ4v) is 2.02. The first-order chi connectivity index (χ1) is 12.1. The molecule has 2 aromatic rings. The third-order valence-electron chi connectivity index (χ3n) is 3.19. The van der Waals surface area contributed by atoms with E-state index in [0.717, 1.165) is 37.4 Å². The molecule has 0 unspecified atom stereocenters. The number of benzene rings is 2. The Morgan fingerprint density at radius 2 is 1.92 bits per heavy atom. The van der Waals surface area contributed by atoms with Gasteiger partial charge in [0.05, 0.1) is 29.4 Å². The maximum Gasteiger partial charge on any atom is 0.416 e. The van der Waals surface area contributed by atoms with Crippen molar-refractivity contribution in [3.63, 3.8) is 0 Å². The summed E-state index contributed by atoms with van der Waals surface area (Å²) in [4.78, 5) is 22.0. The van der Waals surface area contributed by atoms with Crippen LogP contribution in [0.4, 0.5) is 35.0 Å². The molecule has 0 bridgehead atoms. The van der Waals surface area contributed by atoms with Crippen molar-refractivity contribution in [2.45, 2.75) is 6.18 Å². The van der Waals surface area contributed by atoms with E-state index in [-0.39, 0.29) is 17.1 Å². The molecule has 0 aliphatic rings. The number of aromatic hydroxyl groups is 1. The number of nitrogens with one attached hydrogen (secondary N) is 2. The number of urea groups is 1. The summed E-state index contributed by atoms with van der Waals surface area (Å²) in [6.45, 7) is 0. The molecule has 0 saturated carbocycles. The Morgan fingerprint density at radius 1 is 1.23 bits per heavy atom. The molecule has 0 saturated heterocycles. The van der Waals surface area contributed by atoms with E-state index in [1.165, 1.54) is 6.07 Å². The molecule has 0 aliphatic heterocycles. The van der Waals surface area contributed by atoms with Gasteiger partial charge in [0.25, 0.3) is 0 Å². The number of amides is 2. The first kappa shape index (κ1) is 18.8. The van der Waals surface area contributed by atoms with Crippen LogP contribution in [-0.4, -0.2) is 23.2 Å². The lowest BCUT2D eigenvalue weighted by atomic mass is 10.2. The lowest BCUT2D eigenvalue weighted by molar-refractivity contribution is -0.385. The van der Waals surface area contributed by atoms with E-state index in [9.17, 15) is 33.2 Å². The number of methoxy groups -OCH3 is 1. The number of ether oxygens (including phenoxy) is 1. The van der Waals surface area contributed by atoms with E-state index in [4.69, 9.17) is 4.74 Å². The van der Waals surface area contributed by atoms with Gasteiger partial charge in [-0.05, 0) is 18.2 Å². The fraction of sp³-hybridized carbons (Fsp3) is 0.133. The number of phenols is 1. The van der Waals surface area contributed by atoms with Crippen molar-refractivity contribution in [2.24, 2.45) is 0 Å². The largest absolute Gasteiger partial charge is 0.505 e. The lowest BCUT2D eigenvalue weighted by Crippen LogP contribution is -2.20. The zero-order valence-electron chi connectivity index (χ0n) is 13.1. The van der Waals surface area contributed by atoms with Crippen LogP contribution in [0.3, 0.4) is 0 Å². The standard InChI is InChI=1S/C15H12F3N3O5/c1-26-13-6-10(12(22)7-11(13)21(24)25)20-14(23)19-9-4-2-3-8(5-9)15(16,17)18/h2-7,22H,1H3,(H2,19,20,23). The highest BCUT2D eigenvalue weighted by atomic mass is 19.4. The van der Waals surface area contributed by atoms with Gasteiger partial charge in [0.1, 0.15) is 5.75 Å². The molecule has 0 fully saturated rings. The summed E-state index contributed by atoms with van der Waals surface area (Å²) in [5.74, 6) is -0.834. The van der Waals surface area contributed by atoms with Crippen LogP contribution in [0.25, 0.3) is 0 Å². The summed E-state index contributed by atoms with van der Waals surface area (Å²) in [5.41, 5.74) is -1.83. The van der Waals surface area contributed by atoms with Gasteiger partial charge in [-0.25, -0.2) is 4.79 Å². The summed E-state index contributed by atoms with van der Waals surface area (Å²) in [7, 11) is 1.16. The summed E-state index contributed by atoms with van der Waals surface area (Å²) in [6.07, 6.45) is -4.57. The average Bonchev–Trinajstić information content (AvgIpc) is 2.55. The average molecular weight is 371 g/mol. The van der Waals surface area contributed by atoms with Crippen LogP contribution >= 0.6 is 0 Å². The molecule has 26 heavy (non-hydrogen) atoms. The number of nitrogens with zero attached hydrogens (tertiary/aromatic N) is 1. The summed E-state index contributed by atoms with van der Waals surface area (Å²) in [5, 5.41) is 25.0. The van der Waals surface area contributed by atoms with Crippen LogP contribution in [0.15, 0.2) is 36.4 Å². The van der Waals surface area contributed by atoms with Crippen molar-refractivity contribution in [3.05, 3.63) is 52.1 Å². The van der Waals surface area contributed by atoms with Gasteiger partial charge >= 0.3 is 17.9 Å². The second-order valence-electron chi connectivity index (χ2n) is 4.96. The molecule has 2 amide bonds. The van der Waals surface area contributed by atoms with E-state index < -0.39 is 34.1 Å². The Morgan fingerprint density at radius 3 is 2.50 bits per heavy atom. The first-order valence-electron chi connectivity index (χ1n) is 6.92. The van der Waals surface area contributed by atoms with Gasteiger partial charge in [-0.1, -0.05) is 6.07 Å². The molecule has 11 heteroatoms. The maximum absolute atomic E-state index is 12.7. The van der Waals surface area contributed by atoms with Crippen LogP contribution in [0.2, 0.25) is 0 Å². The highest BCUT2D eigenvalue weighted by Gasteiger charge is 2.30. The van der Waals surface area contributed by atoms with E-state index >= 15 is 0 Å². The van der Waals surface area contributed by atoms with Crippen LogP contribution in [-0.2, 0) is 6.18 Å². The Balaban J connectivity index is 2.19. The molecule has 2 rings (SSSR count). The summed E-state index contributed by atoms with van der Waals surface area (Å²) >= 11 is 0. The normalized spacial score (nSPS) is 10.9. The fourth-order valence-electron chi connectivity index (χ4n) is 2.02. The van der Waals surface area contributed by atoms with Crippen molar-refractivity contribution in [1.29, 1.82) is 0 Å². The quantitative estimate of drug-likeness (QED) is 0.427. The minimum Gasteiger partial charge on any atom is -0.505 e. The zero-order chi connectivity index (χ0) is 19.5. The number of halogens is 3. The van der Waals surface area contributed by atoms with Crippen molar-refractivity contribution in [3.8, 4) is 11.5 Å². The minimum absolute atomic E-state index is 0.134. The summed E-state index contributed by atoms with van der Waals surface area (Å²) in [6, 6.07) is 4.76. The molecule has 0 spiro atoms. The Hall–Kier alpha value is -3.50. The van der Waals surface area contributed by atoms with Gasteiger partial charge in [0, 0.05) is 11.8 Å². The predicted molar refractivity (Wildman–Crippen MR) is 85.4 cm³/mol. The number of anilines is 2. The van der Waals surface area contributed by atoms with E-state index in [1.54, 1.807) is 0 Å².